The summed E-state index contributed by atoms with van der Waals surface area (Å²) in [4.78, 5) is 41.6. The minimum atomic E-state index is -0.645. The first-order valence-corrected chi connectivity index (χ1v) is 10.7. The van der Waals surface area contributed by atoms with Crippen LogP contribution in [0.1, 0.15) is 53.9 Å². The number of halogens is 1. The highest BCUT2D eigenvalue weighted by Crippen LogP contribution is 2.22. The quantitative estimate of drug-likeness (QED) is 0.532. The zero-order chi connectivity index (χ0) is 24.9. The summed E-state index contributed by atoms with van der Waals surface area (Å²) in [6, 6.07) is 6.06. The van der Waals surface area contributed by atoms with Crippen molar-refractivity contribution in [2.24, 2.45) is 0 Å². The fourth-order valence-electron chi connectivity index (χ4n) is 3.01. The van der Waals surface area contributed by atoms with Gasteiger partial charge in [0.15, 0.2) is 0 Å². The monoisotopic (exact) mass is 466 g/mol. The van der Waals surface area contributed by atoms with E-state index < -0.39 is 23.5 Å². The molecule has 0 aliphatic carbocycles. The first-order chi connectivity index (χ1) is 16.0. The molecule has 178 valence electrons. The van der Waals surface area contributed by atoms with Crippen molar-refractivity contribution in [1.82, 2.24) is 30.6 Å². The maximum atomic E-state index is 13.5. The standard InChI is InChI=1S/C24H27FN6O3/c1-14-10-27-17(12-26-14)13-28-22(32)20-9-16(11-29-23(33)34-24(3,4)5)8-19(31-20)18-6-7-21(25)30-15(18)2/h6-10,12H,11,13H2,1-5H3,(H,28,32)(H,29,33). The highest BCUT2D eigenvalue weighted by atomic mass is 19.1. The van der Waals surface area contributed by atoms with Crippen molar-refractivity contribution in [1.29, 1.82) is 0 Å². The highest BCUT2D eigenvalue weighted by molar-refractivity contribution is 5.93. The van der Waals surface area contributed by atoms with Crippen LogP contribution in [-0.4, -0.2) is 37.5 Å². The van der Waals surface area contributed by atoms with E-state index in [4.69, 9.17) is 4.74 Å². The summed E-state index contributed by atoms with van der Waals surface area (Å²) in [5.41, 5.74) is 2.88. The fourth-order valence-corrected chi connectivity index (χ4v) is 3.01. The van der Waals surface area contributed by atoms with Gasteiger partial charge < -0.3 is 15.4 Å². The lowest BCUT2D eigenvalue weighted by atomic mass is 10.1. The third-order valence-corrected chi connectivity index (χ3v) is 4.55. The van der Waals surface area contributed by atoms with Crippen LogP contribution in [-0.2, 0) is 17.8 Å². The summed E-state index contributed by atoms with van der Waals surface area (Å²) in [7, 11) is 0. The van der Waals surface area contributed by atoms with Crippen LogP contribution in [0.4, 0.5) is 9.18 Å². The molecule has 9 nitrogen and oxygen atoms in total. The molecule has 10 heteroatoms. The number of alkyl carbamates (subject to hydrolysis) is 1. The van der Waals surface area contributed by atoms with E-state index in [1.807, 2.05) is 6.92 Å². The van der Waals surface area contributed by atoms with E-state index >= 15 is 0 Å². The van der Waals surface area contributed by atoms with Crippen molar-refractivity contribution in [3.63, 3.8) is 0 Å². The maximum absolute atomic E-state index is 13.5. The third-order valence-electron chi connectivity index (χ3n) is 4.55. The van der Waals surface area contributed by atoms with Gasteiger partial charge in [0, 0.05) is 24.0 Å². The molecule has 0 saturated carbocycles. The van der Waals surface area contributed by atoms with Crippen LogP contribution in [0, 0.1) is 19.8 Å². The van der Waals surface area contributed by atoms with E-state index in [1.165, 1.54) is 6.07 Å². The zero-order valence-corrected chi connectivity index (χ0v) is 19.8. The zero-order valence-electron chi connectivity index (χ0n) is 19.8. The molecular weight excluding hydrogens is 439 g/mol. The number of rotatable bonds is 6. The fraction of sp³-hybridized carbons (Fsp3) is 0.333. The van der Waals surface area contributed by atoms with Gasteiger partial charge in [-0.15, -0.1) is 0 Å². The van der Waals surface area contributed by atoms with Crippen LogP contribution in [0.15, 0.2) is 36.7 Å². The van der Waals surface area contributed by atoms with Crippen molar-refractivity contribution in [2.75, 3.05) is 0 Å². The van der Waals surface area contributed by atoms with E-state index in [2.05, 4.69) is 30.6 Å². The van der Waals surface area contributed by atoms with Crippen molar-refractivity contribution >= 4 is 12.0 Å². The van der Waals surface area contributed by atoms with Crippen molar-refractivity contribution < 1.29 is 18.7 Å². The Hall–Kier alpha value is -3.95. The lowest BCUT2D eigenvalue weighted by molar-refractivity contribution is 0.0523. The number of carbonyl (C=O) groups is 2. The molecule has 3 aromatic heterocycles. The molecule has 3 heterocycles. The van der Waals surface area contributed by atoms with Gasteiger partial charge in [0.2, 0.25) is 5.95 Å². The minimum absolute atomic E-state index is 0.0990. The molecule has 2 amide bonds. The summed E-state index contributed by atoms with van der Waals surface area (Å²) >= 11 is 0. The molecule has 0 aliphatic heterocycles. The molecule has 0 radical (unpaired) electrons. The molecule has 2 N–H and O–H groups in total. The number of nitrogens with one attached hydrogen (secondary N) is 2. The van der Waals surface area contributed by atoms with Crippen LogP contribution in [0.2, 0.25) is 0 Å². The van der Waals surface area contributed by atoms with Crippen LogP contribution in [0.3, 0.4) is 0 Å². The Bertz CT molecular complexity index is 1190. The van der Waals surface area contributed by atoms with Gasteiger partial charge >= 0.3 is 6.09 Å². The van der Waals surface area contributed by atoms with Gasteiger partial charge in [-0.2, -0.15) is 4.39 Å². The predicted molar refractivity (Wildman–Crippen MR) is 123 cm³/mol. The maximum Gasteiger partial charge on any atom is 0.407 e. The Labute approximate surface area is 197 Å². The summed E-state index contributed by atoms with van der Waals surface area (Å²) < 4.78 is 18.8. The number of ether oxygens (including phenoxy) is 1. The van der Waals surface area contributed by atoms with Gasteiger partial charge in [0.25, 0.3) is 5.91 Å². The second kappa shape index (κ2) is 10.3. The average Bonchev–Trinajstić information content (AvgIpc) is 2.76. The molecule has 34 heavy (non-hydrogen) atoms. The van der Waals surface area contributed by atoms with Gasteiger partial charge in [-0.25, -0.2) is 14.8 Å². The number of nitrogens with zero attached hydrogens (tertiary/aromatic N) is 4. The Kier molecular flexibility index (Phi) is 7.50. The third kappa shape index (κ3) is 7.03. The van der Waals surface area contributed by atoms with Gasteiger partial charge in [-0.3, -0.25) is 14.8 Å². The molecule has 3 rings (SSSR count). The smallest absolute Gasteiger partial charge is 0.407 e. The first-order valence-electron chi connectivity index (χ1n) is 10.7. The van der Waals surface area contributed by atoms with E-state index in [1.54, 1.807) is 58.3 Å². The molecule has 0 spiro atoms. The second-order valence-corrected chi connectivity index (χ2v) is 8.70. The number of hydrogen-bond donors (Lipinski definition) is 2. The molecule has 0 fully saturated rings. The Morgan fingerprint density at radius 2 is 1.76 bits per heavy atom. The molecule has 0 atom stereocenters. The Morgan fingerprint density at radius 1 is 1.00 bits per heavy atom. The number of pyridine rings is 2. The molecule has 0 unspecified atom stereocenters. The van der Waals surface area contributed by atoms with E-state index in [0.29, 0.717) is 28.2 Å². The van der Waals surface area contributed by atoms with E-state index in [0.717, 1.165) is 5.69 Å². The predicted octanol–water partition coefficient (Wildman–Crippen LogP) is 3.64. The molecule has 0 aliphatic rings. The number of aromatic nitrogens is 4. The normalized spacial score (nSPS) is 11.1. The number of carbonyl (C=O) groups excluding carboxylic acids is 2. The largest absolute Gasteiger partial charge is 0.444 e. The first kappa shape index (κ1) is 24.7. The SMILES string of the molecule is Cc1cnc(CNC(=O)c2cc(CNC(=O)OC(C)(C)C)cc(-c3ccc(F)nc3C)n2)cn1. The van der Waals surface area contributed by atoms with Crippen molar-refractivity contribution in [3.05, 3.63) is 70.9 Å². The second-order valence-electron chi connectivity index (χ2n) is 8.70. The van der Waals surface area contributed by atoms with Gasteiger partial charge in [0.1, 0.15) is 11.3 Å². The van der Waals surface area contributed by atoms with Crippen molar-refractivity contribution in [2.45, 2.75) is 53.3 Å². The summed E-state index contributed by atoms with van der Waals surface area (Å²) in [5.74, 6) is -1.04. The summed E-state index contributed by atoms with van der Waals surface area (Å²) in [6.07, 6.45) is 2.61. The summed E-state index contributed by atoms with van der Waals surface area (Å²) in [6.45, 7) is 9.04. The number of hydrogen-bond acceptors (Lipinski definition) is 7. The van der Waals surface area contributed by atoms with E-state index in [9.17, 15) is 14.0 Å². The average molecular weight is 467 g/mol. The Morgan fingerprint density at radius 3 is 2.41 bits per heavy atom. The van der Waals surface area contributed by atoms with Crippen LogP contribution in [0.5, 0.6) is 0 Å². The highest BCUT2D eigenvalue weighted by Gasteiger charge is 2.18. The van der Waals surface area contributed by atoms with Gasteiger partial charge in [-0.1, -0.05) is 0 Å². The number of amides is 2. The van der Waals surface area contributed by atoms with Gasteiger partial charge in [0.05, 0.1) is 29.8 Å². The Balaban J connectivity index is 1.86. The molecule has 0 aromatic carbocycles. The molecular formula is C24H27FN6O3. The van der Waals surface area contributed by atoms with Crippen LogP contribution in [0.25, 0.3) is 11.3 Å². The lowest BCUT2D eigenvalue weighted by Crippen LogP contribution is -2.32. The van der Waals surface area contributed by atoms with E-state index in [-0.39, 0.29) is 18.8 Å². The van der Waals surface area contributed by atoms with Crippen LogP contribution < -0.4 is 10.6 Å². The lowest BCUT2D eigenvalue weighted by Gasteiger charge is -2.20. The van der Waals surface area contributed by atoms with Gasteiger partial charge in [-0.05, 0) is 64.4 Å². The number of aryl methyl sites for hydroxylation is 2. The van der Waals surface area contributed by atoms with Crippen LogP contribution >= 0.6 is 0 Å². The topological polar surface area (TPSA) is 119 Å². The molecule has 0 bridgehead atoms. The summed E-state index contributed by atoms with van der Waals surface area (Å²) in [5, 5.41) is 5.44. The molecule has 0 saturated heterocycles. The minimum Gasteiger partial charge on any atom is -0.444 e. The molecule has 3 aromatic rings. The van der Waals surface area contributed by atoms with Crippen molar-refractivity contribution in [3.8, 4) is 11.3 Å².